The van der Waals surface area contributed by atoms with Crippen molar-refractivity contribution >= 4 is 29.1 Å². The highest BCUT2D eigenvalue weighted by atomic mass is 35.5. The number of benzene rings is 1. The lowest BCUT2D eigenvalue weighted by molar-refractivity contribution is -0.135. The molecule has 0 aliphatic carbocycles. The summed E-state index contributed by atoms with van der Waals surface area (Å²) in [6, 6.07) is 4.69. The second kappa shape index (κ2) is 7.28. The number of hydrogen-bond acceptors (Lipinski definition) is 4. The van der Waals surface area contributed by atoms with Crippen molar-refractivity contribution in [1.29, 1.82) is 0 Å². The molecule has 21 heavy (non-hydrogen) atoms. The minimum atomic E-state index is -0.307. The van der Waals surface area contributed by atoms with Gasteiger partial charge in [0.25, 0.3) is 5.91 Å². The normalized spacial score (nSPS) is 14.8. The highest BCUT2D eigenvalue weighted by Crippen LogP contribution is 2.17. The molecule has 7 heteroatoms. The molecule has 0 atom stereocenters. The Hall–Kier alpha value is -1.79. The number of hydrogen-bond donors (Lipinski definition) is 2. The van der Waals surface area contributed by atoms with Gasteiger partial charge in [-0.15, -0.1) is 0 Å². The topological polar surface area (TPSA) is 84.7 Å². The summed E-state index contributed by atoms with van der Waals surface area (Å²) in [4.78, 5) is 25.6. The number of ether oxygens (including phenoxy) is 1. The minimum Gasteiger partial charge on any atom is -0.398 e. The molecule has 1 heterocycles. The Balaban J connectivity index is 1.79. The Morgan fingerprint density at radius 1 is 1.33 bits per heavy atom. The van der Waals surface area contributed by atoms with Crippen molar-refractivity contribution < 1.29 is 14.3 Å². The van der Waals surface area contributed by atoms with Gasteiger partial charge in [-0.3, -0.25) is 9.59 Å². The predicted octanol–water partition coefficient (Wildman–Crippen LogP) is 0.901. The van der Waals surface area contributed by atoms with Crippen LogP contribution < -0.4 is 11.1 Å². The quantitative estimate of drug-likeness (QED) is 0.809. The van der Waals surface area contributed by atoms with Crippen molar-refractivity contribution in [3.63, 3.8) is 0 Å². The molecule has 1 aromatic carbocycles. The van der Waals surface area contributed by atoms with Crippen molar-refractivity contribution in [3.05, 3.63) is 28.8 Å². The van der Waals surface area contributed by atoms with E-state index in [0.29, 0.717) is 42.6 Å². The minimum absolute atomic E-state index is 0.0164. The molecule has 3 N–H and O–H groups in total. The van der Waals surface area contributed by atoms with Crippen LogP contribution in [0.1, 0.15) is 16.8 Å². The van der Waals surface area contributed by atoms with Gasteiger partial charge in [0.2, 0.25) is 5.91 Å². The molecule has 0 saturated carbocycles. The molecule has 1 saturated heterocycles. The maximum Gasteiger partial charge on any atom is 0.253 e. The van der Waals surface area contributed by atoms with Crippen LogP contribution in [0.15, 0.2) is 18.2 Å². The first-order valence-corrected chi connectivity index (χ1v) is 7.14. The fourth-order valence-corrected chi connectivity index (χ4v) is 2.27. The second-order valence-electron chi connectivity index (χ2n) is 4.73. The molecule has 6 nitrogen and oxygen atoms in total. The Labute approximate surface area is 128 Å². The lowest BCUT2D eigenvalue weighted by atomic mass is 10.1. The van der Waals surface area contributed by atoms with Gasteiger partial charge in [0.15, 0.2) is 0 Å². The van der Waals surface area contributed by atoms with Crippen LogP contribution in [0.25, 0.3) is 0 Å². The summed E-state index contributed by atoms with van der Waals surface area (Å²) < 4.78 is 5.18. The zero-order valence-corrected chi connectivity index (χ0v) is 12.4. The first-order chi connectivity index (χ1) is 10.1. The number of rotatable bonds is 4. The Bertz CT molecular complexity index is 530. The third kappa shape index (κ3) is 4.34. The molecule has 0 spiro atoms. The van der Waals surface area contributed by atoms with Crippen molar-refractivity contribution in [2.75, 3.05) is 38.6 Å². The maximum absolute atomic E-state index is 12.0. The third-order valence-corrected chi connectivity index (χ3v) is 3.48. The van der Waals surface area contributed by atoms with Crippen molar-refractivity contribution in [2.24, 2.45) is 0 Å². The number of morpholine rings is 1. The number of nitrogens with zero attached hydrogens (tertiary/aromatic N) is 1. The smallest absolute Gasteiger partial charge is 0.253 e. The fourth-order valence-electron chi connectivity index (χ4n) is 2.09. The standard InChI is InChI=1S/C14H18ClN3O3/c15-10-1-2-11(12(16)9-10)14(20)17-4-3-13(19)18-5-7-21-8-6-18/h1-2,9H,3-8,16H2,(H,17,20). The monoisotopic (exact) mass is 311 g/mol. The summed E-state index contributed by atoms with van der Waals surface area (Å²) in [5, 5.41) is 3.17. The van der Waals surface area contributed by atoms with Gasteiger partial charge < -0.3 is 20.7 Å². The maximum atomic E-state index is 12.0. The van der Waals surface area contributed by atoms with E-state index in [1.54, 1.807) is 17.0 Å². The van der Waals surface area contributed by atoms with Crippen LogP contribution in [0.5, 0.6) is 0 Å². The molecule has 0 unspecified atom stereocenters. The van der Waals surface area contributed by atoms with E-state index in [-0.39, 0.29) is 24.8 Å². The zero-order valence-electron chi connectivity index (χ0n) is 11.6. The first kappa shape index (κ1) is 15.6. The molecule has 1 fully saturated rings. The molecular formula is C14H18ClN3O3. The van der Waals surface area contributed by atoms with Crippen LogP contribution in [0.3, 0.4) is 0 Å². The van der Waals surface area contributed by atoms with E-state index in [4.69, 9.17) is 22.1 Å². The third-order valence-electron chi connectivity index (χ3n) is 3.25. The van der Waals surface area contributed by atoms with E-state index >= 15 is 0 Å². The number of carbonyl (C=O) groups excluding carboxylic acids is 2. The van der Waals surface area contributed by atoms with Crippen molar-refractivity contribution in [1.82, 2.24) is 10.2 Å². The summed E-state index contributed by atoms with van der Waals surface area (Å²) >= 11 is 5.78. The largest absolute Gasteiger partial charge is 0.398 e. The van der Waals surface area contributed by atoms with Crippen LogP contribution in [-0.4, -0.2) is 49.6 Å². The second-order valence-corrected chi connectivity index (χ2v) is 5.17. The van der Waals surface area contributed by atoms with E-state index in [2.05, 4.69) is 5.32 Å². The van der Waals surface area contributed by atoms with Gasteiger partial charge >= 0.3 is 0 Å². The number of nitrogens with two attached hydrogens (primary N) is 1. The molecule has 0 radical (unpaired) electrons. The van der Waals surface area contributed by atoms with Crippen LogP contribution in [0.2, 0.25) is 5.02 Å². The SMILES string of the molecule is Nc1cc(Cl)ccc1C(=O)NCCC(=O)N1CCOCC1. The fraction of sp³-hybridized carbons (Fsp3) is 0.429. The molecule has 2 amide bonds. The highest BCUT2D eigenvalue weighted by Gasteiger charge is 2.17. The summed E-state index contributed by atoms with van der Waals surface area (Å²) in [7, 11) is 0. The van der Waals surface area contributed by atoms with Gasteiger partial charge in [-0.05, 0) is 18.2 Å². The van der Waals surface area contributed by atoms with E-state index in [1.807, 2.05) is 0 Å². The number of anilines is 1. The average molecular weight is 312 g/mol. The molecule has 1 aliphatic heterocycles. The number of carbonyl (C=O) groups is 2. The highest BCUT2D eigenvalue weighted by molar-refractivity contribution is 6.31. The Morgan fingerprint density at radius 2 is 2.05 bits per heavy atom. The molecule has 0 bridgehead atoms. The van der Waals surface area contributed by atoms with Gasteiger partial charge in [0, 0.05) is 36.8 Å². The van der Waals surface area contributed by atoms with E-state index in [0.717, 1.165) is 0 Å². The van der Waals surface area contributed by atoms with Gasteiger partial charge in [0.1, 0.15) is 0 Å². The number of halogens is 1. The van der Waals surface area contributed by atoms with Gasteiger partial charge in [-0.25, -0.2) is 0 Å². The molecule has 1 aromatic rings. The van der Waals surface area contributed by atoms with Gasteiger partial charge in [0.05, 0.1) is 18.8 Å². The predicted molar refractivity (Wildman–Crippen MR) is 80.2 cm³/mol. The van der Waals surface area contributed by atoms with Crippen LogP contribution in [0, 0.1) is 0 Å². The molecule has 2 rings (SSSR count). The summed E-state index contributed by atoms with van der Waals surface area (Å²) in [5.74, 6) is -0.290. The zero-order chi connectivity index (χ0) is 15.2. The number of amides is 2. The summed E-state index contributed by atoms with van der Waals surface area (Å²) in [6.07, 6.45) is 0.263. The van der Waals surface area contributed by atoms with Crippen molar-refractivity contribution in [2.45, 2.75) is 6.42 Å². The van der Waals surface area contributed by atoms with Gasteiger partial charge in [-0.2, -0.15) is 0 Å². The molecule has 1 aliphatic rings. The summed E-state index contributed by atoms with van der Waals surface area (Å²) in [6.45, 7) is 2.63. The van der Waals surface area contributed by atoms with E-state index in [1.165, 1.54) is 6.07 Å². The Morgan fingerprint density at radius 3 is 2.71 bits per heavy atom. The van der Waals surface area contributed by atoms with Crippen LogP contribution >= 0.6 is 11.6 Å². The van der Waals surface area contributed by atoms with Crippen LogP contribution in [0.4, 0.5) is 5.69 Å². The number of nitrogen functional groups attached to an aromatic ring is 1. The van der Waals surface area contributed by atoms with E-state index in [9.17, 15) is 9.59 Å². The summed E-state index contributed by atoms with van der Waals surface area (Å²) in [5.41, 5.74) is 6.41. The lowest BCUT2D eigenvalue weighted by Gasteiger charge is -2.26. The molecule has 114 valence electrons. The lowest BCUT2D eigenvalue weighted by Crippen LogP contribution is -2.42. The van der Waals surface area contributed by atoms with Crippen LogP contribution in [-0.2, 0) is 9.53 Å². The van der Waals surface area contributed by atoms with E-state index < -0.39 is 0 Å². The first-order valence-electron chi connectivity index (χ1n) is 6.76. The average Bonchev–Trinajstić information content (AvgIpc) is 2.47. The number of nitrogens with one attached hydrogen (secondary N) is 1. The molecule has 0 aromatic heterocycles. The van der Waals surface area contributed by atoms with Crippen molar-refractivity contribution in [3.8, 4) is 0 Å². The molecular weight excluding hydrogens is 294 g/mol. The van der Waals surface area contributed by atoms with Gasteiger partial charge in [-0.1, -0.05) is 11.6 Å². The Kier molecular flexibility index (Phi) is 5.41.